The van der Waals surface area contributed by atoms with Crippen LogP contribution in [-0.4, -0.2) is 36.3 Å². The van der Waals surface area contributed by atoms with Gasteiger partial charge in [-0.05, 0) is 32.1 Å². The normalized spacial score (nSPS) is 14.3. The third kappa shape index (κ3) is 20.9. The van der Waals surface area contributed by atoms with Gasteiger partial charge in [-0.25, -0.2) is 0 Å². The Morgan fingerprint density at radius 1 is 0.581 bits per heavy atom. The Morgan fingerprint density at radius 2 is 0.903 bits per heavy atom. The molecule has 3 nitrogen and oxygen atoms in total. The van der Waals surface area contributed by atoms with Gasteiger partial charge in [0.1, 0.15) is 4.64 Å². The van der Waals surface area contributed by atoms with Crippen LogP contribution in [-0.2, 0) is 9.13 Å². The monoisotopic (exact) mass is 492 g/mol. The highest BCUT2D eigenvalue weighted by Crippen LogP contribution is 2.45. The van der Waals surface area contributed by atoms with Crippen molar-refractivity contribution in [3.05, 3.63) is 0 Å². The van der Waals surface area contributed by atoms with Crippen molar-refractivity contribution in [3.8, 4) is 0 Å². The zero-order valence-electron chi connectivity index (χ0n) is 21.1. The molecular weight excluding hydrogens is 439 g/mol. The summed E-state index contributed by atoms with van der Waals surface area (Å²) in [5.74, 6) is 0. The summed E-state index contributed by atoms with van der Waals surface area (Å²) in [5.41, 5.74) is 0. The van der Waals surface area contributed by atoms with Gasteiger partial charge in [-0.2, -0.15) is 0 Å². The summed E-state index contributed by atoms with van der Waals surface area (Å²) in [6.45, 7) is 4.67. The van der Waals surface area contributed by atoms with Gasteiger partial charge in [0.15, 0.2) is 16.9 Å². The molecule has 0 bridgehead atoms. The number of hydrogen-bond donors (Lipinski definition) is 0. The maximum Gasteiger partial charge on any atom is 0.178 e. The lowest BCUT2D eigenvalue weighted by atomic mass is 10.0. The molecule has 0 saturated heterocycles. The fourth-order valence-electron chi connectivity index (χ4n) is 4.23. The van der Waals surface area contributed by atoms with Gasteiger partial charge in [-0.1, -0.05) is 96.8 Å². The molecule has 0 spiro atoms. The fraction of sp³-hybridized carbons (Fsp3) is 1.00. The number of nitrogens with zero attached hydrogens (tertiary/aromatic N) is 1. The largest absolute Gasteiger partial charge is 0.328 e. The minimum atomic E-state index is -0.662. The van der Waals surface area contributed by atoms with E-state index in [9.17, 15) is 9.13 Å². The number of unbranched alkanes of at least 4 members (excludes halogenated alkanes) is 16. The van der Waals surface area contributed by atoms with Crippen molar-refractivity contribution in [2.45, 2.75) is 134 Å². The fourth-order valence-corrected chi connectivity index (χ4v) is 5.07. The zero-order chi connectivity index (χ0) is 23.3. The maximum absolute atomic E-state index is 11.1. The molecule has 0 rings (SSSR count). The molecule has 0 aliphatic carbocycles. The van der Waals surface area contributed by atoms with Gasteiger partial charge in [0.05, 0.1) is 27.2 Å². The van der Waals surface area contributed by atoms with E-state index in [-0.39, 0.29) is 16.9 Å². The van der Waals surface area contributed by atoms with Gasteiger partial charge >= 0.3 is 0 Å². The second-order valence-electron chi connectivity index (χ2n) is 10.2. The Hall–Kier alpha value is 0.590. The number of hydrogen-bond acceptors (Lipinski definition) is 2. The molecule has 0 aliphatic heterocycles. The molecule has 1 unspecified atom stereocenters. The summed E-state index contributed by atoms with van der Waals surface area (Å²) in [5, 5.41) is 0. The summed E-state index contributed by atoms with van der Waals surface area (Å²) >= 11 is 0. The lowest BCUT2D eigenvalue weighted by Gasteiger charge is -2.30. The highest BCUT2D eigenvalue weighted by molar-refractivity contribution is 7.61. The lowest BCUT2D eigenvalue weighted by Crippen LogP contribution is -2.41. The third-order valence-electron chi connectivity index (χ3n) is 6.49. The van der Waals surface area contributed by atoms with Crippen molar-refractivity contribution in [3.63, 3.8) is 0 Å². The highest BCUT2D eigenvalue weighted by Gasteiger charge is 2.26. The minimum Gasteiger partial charge on any atom is -0.328 e. The van der Waals surface area contributed by atoms with Crippen LogP contribution in [0.5, 0.6) is 0 Å². The van der Waals surface area contributed by atoms with Crippen LogP contribution in [0.3, 0.4) is 0 Å². The van der Waals surface area contributed by atoms with Crippen LogP contribution >= 0.6 is 26.2 Å². The molecule has 0 aromatic rings. The van der Waals surface area contributed by atoms with E-state index in [0.29, 0.717) is 0 Å². The molecule has 0 amide bonds. The second kappa shape index (κ2) is 21.1. The van der Waals surface area contributed by atoms with Crippen molar-refractivity contribution in [1.82, 2.24) is 0 Å². The van der Waals surface area contributed by atoms with E-state index in [1.807, 2.05) is 0 Å². The quantitative estimate of drug-likeness (QED) is 0.0763. The molecule has 184 valence electrons. The van der Waals surface area contributed by atoms with Crippen molar-refractivity contribution in [2.75, 3.05) is 27.2 Å². The SMILES string of the molecule is CCCCCCCCCCCCCCCCCC[N+](C)(C)CCCCC(P)(P=O)P=O. The van der Waals surface area contributed by atoms with Gasteiger partial charge in [0.2, 0.25) is 0 Å². The summed E-state index contributed by atoms with van der Waals surface area (Å²) in [7, 11) is 7.05. The van der Waals surface area contributed by atoms with Crippen molar-refractivity contribution in [1.29, 1.82) is 0 Å². The Morgan fingerprint density at radius 3 is 1.26 bits per heavy atom. The molecule has 31 heavy (non-hydrogen) atoms. The van der Waals surface area contributed by atoms with Gasteiger partial charge in [-0.15, -0.1) is 9.24 Å². The first-order chi connectivity index (χ1) is 14.9. The standard InChI is InChI=1S/C25H53NO2P3/c1-4-5-6-7-8-9-10-11-12-13-14-15-16-17-18-20-23-26(2,3)24-21-19-22-25(29,30-27)31-28/h4-24,29H2,1-3H3/q+1. The first-order valence-corrected chi connectivity index (χ1v) is 15.4. The number of quaternary nitrogens is 1. The summed E-state index contributed by atoms with van der Waals surface area (Å²) in [4.78, 5) is 0. The molecule has 0 saturated carbocycles. The van der Waals surface area contributed by atoms with E-state index < -0.39 is 4.64 Å². The molecular formula is C25H53NO2P3+. The predicted molar refractivity (Wildman–Crippen MR) is 143 cm³/mol. The van der Waals surface area contributed by atoms with E-state index in [4.69, 9.17) is 0 Å². The van der Waals surface area contributed by atoms with Crippen LogP contribution in [0.2, 0.25) is 0 Å². The van der Waals surface area contributed by atoms with Crippen molar-refractivity contribution in [2.24, 2.45) is 0 Å². The van der Waals surface area contributed by atoms with E-state index in [0.717, 1.165) is 30.3 Å². The molecule has 0 aliphatic rings. The highest BCUT2D eigenvalue weighted by atomic mass is 31.2. The Bertz CT molecular complexity index is 425. The van der Waals surface area contributed by atoms with Gasteiger partial charge in [0, 0.05) is 0 Å². The van der Waals surface area contributed by atoms with Crippen LogP contribution in [0.25, 0.3) is 0 Å². The average molecular weight is 493 g/mol. The molecule has 0 fully saturated rings. The third-order valence-corrected chi connectivity index (χ3v) is 8.98. The van der Waals surface area contributed by atoms with Gasteiger partial charge in [0.25, 0.3) is 0 Å². The van der Waals surface area contributed by atoms with E-state index in [1.165, 1.54) is 109 Å². The molecule has 0 aromatic heterocycles. The zero-order valence-corrected chi connectivity index (χ0v) is 24.0. The minimum absolute atomic E-state index is 0.0363. The van der Waals surface area contributed by atoms with Crippen LogP contribution in [0.4, 0.5) is 0 Å². The maximum atomic E-state index is 11.1. The van der Waals surface area contributed by atoms with E-state index in [1.54, 1.807) is 0 Å². The smallest absolute Gasteiger partial charge is 0.178 e. The van der Waals surface area contributed by atoms with Crippen LogP contribution in [0.1, 0.15) is 129 Å². The Labute approximate surface area is 200 Å². The second-order valence-corrected chi connectivity index (χ2v) is 14.5. The van der Waals surface area contributed by atoms with E-state index >= 15 is 0 Å². The van der Waals surface area contributed by atoms with E-state index in [2.05, 4.69) is 30.3 Å². The number of rotatable bonds is 24. The van der Waals surface area contributed by atoms with Gasteiger partial charge < -0.3 is 4.48 Å². The average Bonchev–Trinajstić information content (AvgIpc) is 2.76. The first-order valence-electron chi connectivity index (χ1n) is 13.2. The van der Waals surface area contributed by atoms with Crippen molar-refractivity contribution >= 4 is 26.2 Å². The van der Waals surface area contributed by atoms with Crippen LogP contribution < -0.4 is 0 Å². The summed E-state index contributed by atoms with van der Waals surface area (Å²) in [6.07, 6.45) is 25.5. The predicted octanol–water partition coefficient (Wildman–Crippen LogP) is 9.61. The first kappa shape index (κ1) is 31.6. The Balaban J connectivity index is 3.41. The molecule has 1 atom stereocenters. The van der Waals surface area contributed by atoms with Gasteiger partial charge in [-0.3, -0.25) is 9.13 Å². The molecule has 0 N–H and O–H groups in total. The molecule has 0 radical (unpaired) electrons. The summed E-state index contributed by atoms with van der Waals surface area (Å²) < 4.78 is 22.6. The van der Waals surface area contributed by atoms with Crippen molar-refractivity contribution < 1.29 is 13.6 Å². The van der Waals surface area contributed by atoms with Crippen LogP contribution in [0.15, 0.2) is 0 Å². The lowest BCUT2D eigenvalue weighted by molar-refractivity contribution is -0.890. The summed E-state index contributed by atoms with van der Waals surface area (Å²) in [6, 6.07) is 0. The topological polar surface area (TPSA) is 34.1 Å². The Kier molecular flexibility index (Phi) is 21.5. The molecule has 0 heterocycles. The molecule has 6 heteroatoms. The van der Waals surface area contributed by atoms with Crippen LogP contribution in [0, 0.1) is 0 Å². The molecule has 0 aromatic carbocycles.